The van der Waals surface area contributed by atoms with Crippen LogP contribution in [-0.4, -0.2) is 50.0 Å². The van der Waals surface area contributed by atoms with Crippen LogP contribution in [0.4, 0.5) is 4.39 Å². The van der Waals surface area contributed by atoms with Gasteiger partial charge in [-0.05, 0) is 19.8 Å². The summed E-state index contributed by atoms with van der Waals surface area (Å²) >= 11 is 0. The second-order valence-corrected chi connectivity index (χ2v) is 7.21. The van der Waals surface area contributed by atoms with E-state index in [1.165, 1.54) is 6.20 Å². The summed E-state index contributed by atoms with van der Waals surface area (Å²) in [5.41, 5.74) is -4.12. The van der Waals surface area contributed by atoms with Crippen LogP contribution in [0.3, 0.4) is 0 Å². The number of hydrogen-bond donors (Lipinski definition) is 3. The van der Waals surface area contributed by atoms with E-state index in [4.69, 9.17) is 9.47 Å². The van der Waals surface area contributed by atoms with Crippen LogP contribution in [0, 0.1) is 0 Å². The Labute approximate surface area is 143 Å². The van der Waals surface area contributed by atoms with E-state index in [-0.39, 0.29) is 6.42 Å². The van der Waals surface area contributed by atoms with Crippen molar-refractivity contribution in [2.75, 3.05) is 13.3 Å². The second kappa shape index (κ2) is 6.31. The third kappa shape index (κ3) is 3.29. The van der Waals surface area contributed by atoms with Crippen molar-refractivity contribution in [1.29, 1.82) is 0 Å². The Balaban J connectivity index is 2.02. The lowest BCUT2D eigenvalue weighted by atomic mass is 9.91. The third-order valence-electron chi connectivity index (χ3n) is 5.00. The zero-order valence-electron chi connectivity index (χ0n) is 14.0. The Bertz CT molecular complexity index is 737. The fraction of sp³-hybridized carbons (Fsp3) is 0.750. The molecule has 25 heavy (non-hydrogen) atoms. The fourth-order valence-electron chi connectivity index (χ4n) is 3.86. The summed E-state index contributed by atoms with van der Waals surface area (Å²) in [4.78, 5) is 25.6. The van der Waals surface area contributed by atoms with Gasteiger partial charge in [0.2, 0.25) is 0 Å². The molecule has 2 fully saturated rings. The molecule has 1 aliphatic heterocycles. The molecule has 0 unspecified atom stereocenters. The molecular formula is C16H23FN2O6. The normalized spacial score (nSPS) is 34.5. The molecule has 1 aromatic heterocycles. The van der Waals surface area contributed by atoms with Gasteiger partial charge in [-0.1, -0.05) is 0 Å². The summed E-state index contributed by atoms with van der Waals surface area (Å²) in [7, 11) is 0. The average molecular weight is 358 g/mol. The van der Waals surface area contributed by atoms with Crippen molar-refractivity contribution in [1.82, 2.24) is 9.55 Å². The number of aliphatic hydroxyl groups excluding tert-OH is 1. The van der Waals surface area contributed by atoms with Gasteiger partial charge in [0.05, 0.1) is 6.61 Å². The first-order chi connectivity index (χ1) is 11.7. The van der Waals surface area contributed by atoms with E-state index in [0.29, 0.717) is 12.8 Å². The van der Waals surface area contributed by atoms with E-state index in [9.17, 15) is 24.2 Å². The molecule has 0 spiro atoms. The number of aliphatic hydroxyl groups is 2. The first kappa shape index (κ1) is 18.2. The standard InChI is InChI=1S/C16H23FN2O6/c1-14(25-16(23)5-2-3-6-16)8-15(9-17,10-20)24-12(14)19-7-4-11(21)18-13(19)22/h4,7,12,20,23H,2-3,5-6,8-10H2,1H3,(H,18,21,22)/t12-,14-,15-/m1/s1. The number of H-pyrrole nitrogens is 1. The molecule has 0 amide bonds. The van der Waals surface area contributed by atoms with Crippen LogP contribution in [0.1, 0.15) is 45.3 Å². The molecular weight excluding hydrogens is 335 g/mol. The minimum atomic E-state index is -1.54. The predicted octanol–water partition coefficient (Wildman–Crippen LogP) is 0.194. The summed E-state index contributed by atoms with van der Waals surface area (Å²) in [5, 5.41) is 20.3. The van der Waals surface area contributed by atoms with Gasteiger partial charge in [0, 0.05) is 31.5 Å². The number of aromatic nitrogens is 2. The van der Waals surface area contributed by atoms with Crippen molar-refractivity contribution >= 4 is 0 Å². The van der Waals surface area contributed by atoms with Crippen molar-refractivity contribution in [3.8, 4) is 0 Å². The monoisotopic (exact) mass is 358 g/mol. The maximum atomic E-state index is 13.6. The van der Waals surface area contributed by atoms with Gasteiger partial charge in [-0.2, -0.15) is 0 Å². The Morgan fingerprint density at radius 1 is 1.44 bits per heavy atom. The van der Waals surface area contributed by atoms with E-state index in [1.54, 1.807) is 6.92 Å². The van der Waals surface area contributed by atoms with E-state index in [1.807, 2.05) is 0 Å². The highest BCUT2D eigenvalue weighted by atomic mass is 19.1. The van der Waals surface area contributed by atoms with E-state index >= 15 is 0 Å². The molecule has 3 atom stereocenters. The zero-order valence-corrected chi connectivity index (χ0v) is 14.0. The zero-order chi connectivity index (χ0) is 18.3. The topological polar surface area (TPSA) is 114 Å². The molecule has 1 aliphatic carbocycles. The summed E-state index contributed by atoms with van der Waals surface area (Å²) < 4.78 is 26.4. The van der Waals surface area contributed by atoms with Crippen LogP contribution in [0.15, 0.2) is 21.9 Å². The van der Waals surface area contributed by atoms with E-state index in [0.717, 1.165) is 23.5 Å². The summed E-state index contributed by atoms with van der Waals surface area (Å²) in [6, 6.07) is 1.14. The maximum Gasteiger partial charge on any atom is 0.330 e. The van der Waals surface area contributed by atoms with Gasteiger partial charge in [-0.15, -0.1) is 0 Å². The van der Waals surface area contributed by atoms with Gasteiger partial charge in [-0.3, -0.25) is 14.3 Å². The van der Waals surface area contributed by atoms with Crippen LogP contribution in [-0.2, 0) is 9.47 Å². The van der Waals surface area contributed by atoms with Crippen molar-refractivity contribution in [2.24, 2.45) is 0 Å². The SMILES string of the molecule is C[C@@]1(OC2(O)CCCC2)C[C@](CO)(CF)O[C@H]1n1ccc(=O)[nH]c1=O. The Morgan fingerprint density at radius 2 is 2.12 bits per heavy atom. The Kier molecular flexibility index (Phi) is 4.61. The number of hydrogen-bond acceptors (Lipinski definition) is 6. The molecule has 1 aromatic rings. The van der Waals surface area contributed by atoms with Gasteiger partial charge in [0.1, 0.15) is 17.9 Å². The van der Waals surface area contributed by atoms with Gasteiger partial charge < -0.3 is 19.7 Å². The van der Waals surface area contributed by atoms with Gasteiger partial charge in [0.25, 0.3) is 5.56 Å². The molecule has 0 bridgehead atoms. The van der Waals surface area contributed by atoms with E-state index < -0.39 is 47.7 Å². The first-order valence-corrected chi connectivity index (χ1v) is 8.34. The summed E-state index contributed by atoms with van der Waals surface area (Å²) in [6.45, 7) is 0.0313. The molecule has 8 nitrogen and oxygen atoms in total. The minimum Gasteiger partial charge on any atom is -0.393 e. The molecule has 0 radical (unpaired) electrons. The van der Waals surface area contributed by atoms with Crippen LogP contribution in [0.5, 0.6) is 0 Å². The Hall–Kier alpha value is -1.55. The van der Waals surface area contributed by atoms with Crippen LogP contribution in [0.2, 0.25) is 0 Å². The number of ether oxygens (including phenoxy) is 2. The van der Waals surface area contributed by atoms with Crippen LogP contribution >= 0.6 is 0 Å². The fourth-order valence-corrected chi connectivity index (χ4v) is 3.86. The van der Waals surface area contributed by atoms with Gasteiger partial charge in [-0.25, -0.2) is 9.18 Å². The van der Waals surface area contributed by atoms with Crippen LogP contribution < -0.4 is 11.2 Å². The van der Waals surface area contributed by atoms with Gasteiger partial charge >= 0.3 is 5.69 Å². The highest BCUT2D eigenvalue weighted by Gasteiger charge is 2.58. The first-order valence-electron chi connectivity index (χ1n) is 8.34. The lowest BCUT2D eigenvalue weighted by Gasteiger charge is -2.37. The maximum absolute atomic E-state index is 13.6. The number of nitrogens with zero attached hydrogens (tertiary/aromatic N) is 1. The van der Waals surface area contributed by atoms with E-state index in [2.05, 4.69) is 4.98 Å². The molecule has 140 valence electrons. The number of nitrogens with one attached hydrogen (secondary N) is 1. The molecule has 3 N–H and O–H groups in total. The molecule has 9 heteroatoms. The third-order valence-corrected chi connectivity index (χ3v) is 5.00. The van der Waals surface area contributed by atoms with Crippen LogP contribution in [0.25, 0.3) is 0 Å². The smallest absolute Gasteiger partial charge is 0.330 e. The molecule has 0 aromatic carbocycles. The Morgan fingerprint density at radius 3 is 2.68 bits per heavy atom. The quantitative estimate of drug-likeness (QED) is 0.648. The summed E-state index contributed by atoms with van der Waals surface area (Å²) in [6.07, 6.45) is 2.53. The average Bonchev–Trinajstić information content (AvgIpc) is 3.09. The highest BCUT2D eigenvalue weighted by molar-refractivity contribution is 5.03. The molecule has 3 rings (SSSR count). The molecule has 2 aliphatic rings. The van der Waals surface area contributed by atoms with Crippen molar-refractivity contribution in [3.05, 3.63) is 33.1 Å². The largest absolute Gasteiger partial charge is 0.393 e. The van der Waals surface area contributed by atoms with Crippen molar-refractivity contribution < 1.29 is 24.1 Å². The molecule has 1 saturated carbocycles. The van der Waals surface area contributed by atoms with Gasteiger partial charge in [0.15, 0.2) is 12.0 Å². The number of alkyl halides is 1. The summed E-state index contributed by atoms with van der Waals surface area (Å²) in [5.74, 6) is -1.38. The van der Waals surface area contributed by atoms with Crippen molar-refractivity contribution in [2.45, 2.75) is 62.2 Å². The molecule has 2 heterocycles. The predicted molar refractivity (Wildman–Crippen MR) is 84.8 cm³/mol. The second-order valence-electron chi connectivity index (χ2n) is 7.21. The lowest BCUT2D eigenvalue weighted by Crippen LogP contribution is -2.47. The highest BCUT2D eigenvalue weighted by Crippen LogP contribution is 2.49. The lowest BCUT2D eigenvalue weighted by molar-refractivity contribution is -0.277. The minimum absolute atomic E-state index is 0.0501. The molecule has 1 saturated heterocycles. The number of aromatic amines is 1. The number of halogens is 1. The van der Waals surface area contributed by atoms with Crippen molar-refractivity contribution in [3.63, 3.8) is 0 Å². The number of rotatable bonds is 5.